The van der Waals surface area contributed by atoms with E-state index in [1.165, 1.54) is 30.5 Å². The predicted molar refractivity (Wildman–Crippen MR) is 118 cm³/mol. The number of carbonyl (C=O) groups is 2. The van der Waals surface area contributed by atoms with Crippen molar-refractivity contribution in [2.75, 3.05) is 19.7 Å². The van der Waals surface area contributed by atoms with E-state index in [0.29, 0.717) is 18.4 Å². The first-order valence-corrected chi connectivity index (χ1v) is 11.6. The molecule has 3 fully saturated rings. The molecule has 2 unspecified atom stereocenters. The minimum absolute atomic E-state index is 0.105. The number of benzene rings is 1. The van der Waals surface area contributed by atoms with Crippen LogP contribution in [0.1, 0.15) is 44.2 Å². The van der Waals surface area contributed by atoms with Gasteiger partial charge < -0.3 is 35.0 Å². The van der Waals surface area contributed by atoms with E-state index in [1.807, 2.05) is 26.0 Å². The first-order valence-electron chi connectivity index (χ1n) is 11.6. The lowest BCUT2D eigenvalue weighted by molar-refractivity contribution is -0.322. The topological polar surface area (TPSA) is 157 Å². The van der Waals surface area contributed by atoms with Crippen LogP contribution in [0, 0.1) is 5.92 Å². The molecular formula is C24H33NO9. The Balaban J connectivity index is 0.000000235. The number of aromatic hydroxyl groups is 1. The number of phenolic OH excluding ortho intramolecular Hbond substituents is 1. The number of aliphatic carboxylic acids is 2. The molecule has 2 heterocycles. The van der Waals surface area contributed by atoms with Crippen LogP contribution in [0.3, 0.4) is 0 Å². The number of phenols is 1. The number of aliphatic hydroxyl groups is 2. The number of likely N-dealkylation sites (tertiary alicyclic amines) is 1. The number of piperidine rings is 1. The average molecular weight is 480 g/mol. The van der Waals surface area contributed by atoms with Gasteiger partial charge in [-0.05, 0) is 75.3 Å². The summed E-state index contributed by atoms with van der Waals surface area (Å²) in [5, 5.41) is 42.6. The molecule has 0 aromatic heterocycles. The van der Waals surface area contributed by atoms with Crippen molar-refractivity contribution in [3.8, 4) is 5.75 Å². The molecule has 5 rings (SSSR count). The Hall–Kier alpha value is -2.24. The molecule has 1 aromatic carbocycles. The summed E-state index contributed by atoms with van der Waals surface area (Å²) < 4.78 is 12.6. The number of hydrogen-bond donors (Lipinski definition) is 5. The molecule has 0 radical (unpaired) electrons. The van der Waals surface area contributed by atoms with E-state index in [1.54, 1.807) is 0 Å². The predicted octanol–water partition coefficient (Wildman–Crippen LogP) is 0.699. The van der Waals surface area contributed by atoms with Gasteiger partial charge in [-0.1, -0.05) is 6.07 Å². The van der Waals surface area contributed by atoms with E-state index in [-0.39, 0.29) is 11.5 Å². The maximum Gasteiger partial charge on any atom is 0.335 e. The number of ether oxygens (including phenoxy) is 2. The summed E-state index contributed by atoms with van der Waals surface area (Å²) in [4.78, 5) is 22.2. The van der Waals surface area contributed by atoms with Crippen LogP contribution in [0.5, 0.6) is 5.75 Å². The van der Waals surface area contributed by atoms with Gasteiger partial charge in [0.15, 0.2) is 18.0 Å². The van der Waals surface area contributed by atoms with Crippen LogP contribution in [0.15, 0.2) is 18.2 Å². The second-order valence-electron chi connectivity index (χ2n) is 10.3. The molecule has 0 amide bonds. The normalized spacial score (nSPS) is 31.2. The second-order valence-corrected chi connectivity index (χ2v) is 10.3. The van der Waals surface area contributed by atoms with Gasteiger partial charge in [0, 0.05) is 18.0 Å². The first kappa shape index (κ1) is 24.9. The molecule has 2 saturated heterocycles. The van der Waals surface area contributed by atoms with E-state index in [2.05, 4.69) is 11.0 Å². The molecule has 2 bridgehead atoms. The summed E-state index contributed by atoms with van der Waals surface area (Å²) in [6.45, 7) is 7.07. The fraction of sp³-hybridized carbons (Fsp3) is 0.667. The van der Waals surface area contributed by atoms with Crippen molar-refractivity contribution in [1.29, 1.82) is 0 Å². The SMILES string of the molecule is CC1(C)OC[C@]23CCN(CC4CC4)[C@H](Cc4ccc(O)cc42)[C@@H]3O1.O=C(O)C(O)C(O)C(=O)O. The number of nitrogens with zero attached hydrogens (tertiary/aromatic N) is 1. The molecule has 10 nitrogen and oxygen atoms in total. The number of hydrogen-bond acceptors (Lipinski definition) is 8. The van der Waals surface area contributed by atoms with Crippen LogP contribution in [0.25, 0.3) is 0 Å². The van der Waals surface area contributed by atoms with E-state index in [9.17, 15) is 14.7 Å². The van der Waals surface area contributed by atoms with Gasteiger partial charge in [-0.2, -0.15) is 0 Å². The standard InChI is InChI=1S/C20H27NO3.C4H6O6/c1-19(2)23-12-20-7-8-21(11-13-3-4-13)17(18(20)24-19)9-14-5-6-15(22)10-16(14)20;5-1(3(7)8)2(6)4(9)10/h5-6,10,13,17-18,22H,3-4,7-9,11-12H2,1-2H3;1-2,5-6H,(H,7,8)(H,9,10)/t17-,18+,20-;/m1./s1. The smallest absolute Gasteiger partial charge is 0.335 e. The lowest BCUT2D eigenvalue weighted by atomic mass is 9.61. The zero-order valence-electron chi connectivity index (χ0n) is 19.4. The van der Waals surface area contributed by atoms with Crippen molar-refractivity contribution >= 4 is 11.9 Å². The van der Waals surface area contributed by atoms with Crippen molar-refractivity contribution in [1.82, 2.24) is 4.90 Å². The van der Waals surface area contributed by atoms with Gasteiger partial charge in [0.1, 0.15) is 5.75 Å². The molecular weight excluding hydrogens is 446 g/mol. The summed E-state index contributed by atoms with van der Waals surface area (Å²) in [6, 6.07) is 6.32. The largest absolute Gasteiger partial charge is 0.508 e. The van der Waals surface area contributed by atoms with Crippen molar-refractivity contribution in [3.63, 3.8) is 0 Å². The fourth-order valence-corrected chi connectivity index (χ4v) is 5.36. The summed E-state index contributed by atoms with van der Waals surface area (Å²) in [7, 11) is 0. The van der Waals surface area contributed by atoms with Crippen LogP contribution in [-0.2, 0) is 30.9 Å². The Bertz CT molecular complexity index is 928. The highest BCUT2D eigenvalue weighted by molar-refractivity contribution is 5.83. The maximum absolute atomic E-state index is 10.1. The maximum atomic E-state index is 10.1. The van der Waals surface area contributed by atoms with Crippen LogP contribution >= 0.6 is 0 Å². The molecule has 4 aliphatic rings. The van der Waals surface area contributed by atoms with Crippen LogP contribution < -0.4 is 0 Å². The van der Waals surface area contributed by atoms with Crippen molar-refractivity contribution in [3.05, 3.63) is 29.3 Å². The number of carboxylic acid groups (broad SMARTS) is 2. The van der Waals surface area contributed by atoms with Gasteiger partial charge in [-0.3, -0.25) is 4.90 Å². The van der Waals surface area contributed by atoms with E-state index >= 15 is 0 Å². The van der Waals surface area contributed by atoms with E-state index in [0.717, 1.165) is 25.3 Å². The van der Waals surface area contributed by atoms with E-state index in [4.69, 9.17) is 29.9 Å². The molecule has 5 atom stereocenters. The molecule has 188 valence electrons. The van der Waals surface area contributed by atoms with Crippen molar-refractivity contribution in [2.24, 2.45) is 5.92 Å². The van der Waals surface area contributed by atoms with E-state index < -0.39 is 29.9 Å². The monoisotopic (exact) mass is 479 g/mol. The summed E-state index contributed by atoms with van der Waals surface area (Å²) >= 11 is 0. The van der Waals surface area contributed by atoms with Crippen LogP contribution in [-0.4, -0.2) is 92.2 Å². The summed E-state index contributed by atoms with van der Waals surface area (Å²) in [6.07, 6.45) is 0.467. The molecule has 34 heavy (non-hydrogen) atoms. The highest BCUT2D eigenvalue weighted by Crippen LogP contribution is 2.52. The zero-order valence-corrected chi connectivity index (χ0v) is 19.4. The summed E-state index contributed by atoms with van der Waals surface area (Å²) in [5.41, 5.74) is 2.51. The Morgan fingerprint density at radius 1 is 1.15 bits per heavy atom. The third kappa shape index (κ3) is 4.78. The number of fused-ring (bicyclic) bond motifs is 1. The zero-order chi connectivity index (χ0) is 24.8. The minimum Gasteiger partial charge on any atom is -0.508 e. The fourth-order valence-electron chi connectivity index (χ4n) is 5.36. The molecule has 5 N–H and O–H groups in total. The second kappa shape index (κ2) is 9.09. The van der Waals surface area contributed by atoms with Crippen molar-refractivity contribution < 1.29 is 44.6 Å². The Morgan fingerprint density at radius 3 is 2.38 bits per heavy atom. The Labute approximate surface area is 197 Å². The number of aliphatic hydroxyl groups excluding tert-OH is 2. The quantitative estimate of drug-likeness (QED) is 0.407. The highest BCUT2D eigenvalue weighted by atomic mass is 16.7. The lowest BCUT2D eigenvalue weighted by Crippen LogP contribution is -2.70. The van der Waals surface area contributed by atoms with Crippen molar-refractivity contribution in [2.45, 2.75) is 75.1 Å². The van der Waals surface area contributed by atoms with Crippen LogP contribution in [0.4, 0.5) is 0 Å². The highest BCUT2D eigenvalue weighted by Gasteiger charge is 2.59. The van der Waals surface area contributed by atoms with Gasteiger partial charge in [-0.15, -0.1) is 0 Å². The lowest BCUT2D eigenvalue weighted by Gasteiger charge is -2.60. The van der Waals surface area contributed by atoms with Gasteiger partial charge >= 0.3 is 11.9 Å². The molecule has 1 saturated carbocycles. The Kier molecular flexibility index (Phi) is 6.65. The molecule has 10 heteroatoms. The minimum atomic E-state index is -2.27. The van der Waals surface area contributed by atoms with Gasteiger partial charge in [0.2, 0.25) is 0 Å². The molecule has 1 aromatic rings. The van der Waals surface area contributed by atoms with Crippen LogP contribution in [0.2, 0.25) is 0 Å². The Morgan fingerprint density at radius 2 is 1.79 bits per heavy atom. The number of carboxylic acids is 2. The van der Waals surface area contributed by atoms with Gasteiger partial charge in [-0.25, -0.2) is 9.59 Å². The summed E-state index contributed by atoms with van der Waals surface area (Å²) in [5.74, 6) is -2.81. The first-order chi connectivity index (χ1) is 15.9. The van der Waals surface area contributed by atoms with Gasteiger partial charge in [0.05, 0.1) is 12.7 Å². The third-order valence-corrected chi connectivity index (χ3v) is 7.35. The molecule has 2 aliphatic carbocycles. The average Bonchev–Trinajstić information content (AvgIpc) is 3.59. The molecule has 2 aliphatic heterocycles. The number of rotatable bonds is 5. The molecule has 0 spiro atoms. The van der Waals surface area contributed by atoms with Gasteiger partial charge in [0.25, 0.3) is 0 Å². The third-order valence-electron chi connectivity index (χ3n) is 7.35.